The van der Waals surface area contributed by atoms with E-state index in [1.807, 2.05) is 91.0 Å². The molecule has 6 aromatic carbocycles. The smallest absolute Gasteiger partial charge is 1.00 e. The summed E-state index contributed by atoms with van der Waals surface area (Å²) in [6.07, 6.45) is 6.18. The predicted molar refractivity (Wildman–Crippen MR) is 330 cm³/mol. The number of benzene rings is 6. The Hall–Kier alpha value is -4.86. The molecule has 0 aliphatic carbocycles. The van der Waals surface area contributed by atoms with E-state index in [-0.39, 0.29) is 184 Å². The SMILES string of the molecule is C.COC(=O)c1ccc2nc(-c3ccccc3)c(Cl)nc2c1.COC(=O)c1ccc2nc(-c3ccccc3)c(N3CCC[C@H]3CO)nc2c1.O=C(O)c1ccc2nc(-c3ccccc3)c(N3CCC[C@H]3CO)nc2c1.O=CO[O-].OC[C@@H]1CCCN1.[H-].[K+].[K+].[Na+].[OH-]. The summed E-state index contributed by atoms with van der Waals surface area (Å²) in [7, 11) is 2.70. The van der Waals surface area contributed by atoms with E-state index in [9.17, 15) is 29.7 Å². The number of aliphatic hydroxyl groups excluding tert-OH is 3. The van der Waals surface area contributed by atoms with E-state index in [1.165, 1.54) is 20.6 Å². The standard InChI is InChI=1S/C21H21N3O3.C20H19N3O3.C16H11ClN2O2.C5H11NO.CH2O3.CH4.2K.Na.H2O.H/c1-27-21(26)15-9-10-17-18(12-15)23-20(24-11-5-8-16(24)13-25)19(22-17)14-6-3-2-4-7-14;24-12-15-7-4-10-23(15)19-18(13-5-2-1-3-6-13)21-16-9-8-14(20(25)26)11-17(16)22-19;1-21-16(20)11-7-8-12-13(9-11)19-15(17)14(18-12)10-5-3-2-4-6-10;7-4-5-2-1-3-6-5;2-1-4-3;;;;;;/h2-4,6-7,9-10,12,16,25H,5,8,11,13H2,1H3;1-3,5-6,8-9,11,15,24H,4,7,10,12H2,(H,25,26);2-9H,1H3;5-7H,1-4H2;1,3H;1H4;;;;1H2;/q;;;;;;3*+1;;-1/p-2/t16-;15-;;5-;;;;;;;/m00.0......./s1. The van der Waals surface area contributed by atoms with Crippen molar-refractivity contribution in [1.82, 2.24) is 35.2 Å². The molecule has 26 heteroatoms. The van der Waals surface area contributed by atoms with Gasteiger partial charge in [0.1, 0.15) is 17.1 Å². The number of halogens is 1. The zero-order chi connectivity index (χ0) is 60.2. The number of carbonyl (C=O) groups excluding carboxylic acids is 3. The van der Waals surface area contributed by atoms with Crippen LogP contribution in [0.1, 0.15) is 78.5 Å². The van der Waals surface area contributed by atoms with Gasteiger partial charge in [0.15, 0.2) is 16.8 Å². The van der Waals surface area contributed by atoms with Crippen LogP contribution in [0.5, 0.6) is 0 Å². The molecule has 12 rings (SSSR count). The molecule has 3 fully saturated rings. The maximum Gasteiger partial charge on any atom is 1.00 e. The monoisotopic (exact) mass is 1310 g/mol. The predicted octanol–water partition coefficient (Wildman–Crippen LogP) is -0.513. The Labute approximate surface area is 635 Å². The average molecular weight is 1310 g/mol. The van der Waals surface area contributed by atoms with Gasteiger partial charge >= 0.3 is 150 Å². The fourth-order valence-corrected chi connectivity index (χ4v) is 10.3. The molecule has 3 aliphatic heterocycles. The minimum atomic E-state index is -0.989. The van der Waals surface area contributed by atoms with Gasteiger partial charge in [0.25, 0.3) is 6.47 Å². The van der Waals surface area contributed by atoms with Crippen LogP contribution in [0, 0.1) is 0 Å². The summed E-state index contributed by atoms with van der Waals surface area (Å²) in [6, 6.07) is 44.8. The van der Waals surface area contributed by atoms with Crippen molar-refractivity contribution in [3.05, 3.63) is 167 Å². The number of aromatic nitrogens is 6. The number of nitrogens with one attached hydrogen (secondary N) is 1. The molecule has 3 atom stereocenters. The molecule has 6 N–H and O–H groups in total. The summed E-state index contributed by atoms with van der Waals surface area (Å²) in [5.41, 5.74) is 9.80. The molecule has 0 saturated carbocycles. The third-order valence-electron chi connectivity index (χ3n) is 14.3. The van der Waals surface area contributed by atoms with Crippen LogP contribution in [0.4, 0.5) is 11.6 Å². The number of hydrogen-bond donors (Lipinski definition) is 5. The van der Waals surface area contributed by atoms with Gasteiger partial charge in [-0.3, -0.25) is 4.79 Å². The molecule has 0 bridgehead atoms. The molecule has 0 amide bonds. The number of methoxy groups -OCH3 is 2. The quantitative estimate of drug-likeness (QED) is 0.0338. The Kier molecular flexibility index (Phi) is 35.5. The molecule has 9 aromatic rings. The Morgan fingerprint density at radius 3 is 1.30 bits per heavy atom. The van der Waals surface area contributed by atoms with E-state index in [0.29, 0.717) is 73.5 Å². The third-order valence-corrected chi connectivity index (χ3v) is 14.5. The maximum absolute atomic E-state index is 11.9. The van der Waals surface area contributed by atoms with E-state index in [1.54, 1.807) is 54.6 Å². The van der Waals surface area contributed by atoms with Crippen LogP contribution < -0.4 is 153 Å². The first-order chi connectivity index (χ1) is 41.4. The van der Waals surface area contributed by atoms with Crippen molar-refractivity contribution in [2.75, 3.05) is 63.5 Å². The number of aromatic carboxylic acids is 1. The molecule has 0 radical (unpaired) electrons. The topological polar surface area (TPSA) is 326 Å². The second-order valence-electron chi connectivity index (χ2n) is 19.7. The third kappa shape index (κ3) is 20.8. The van der Waals surface area contributed by atoms with Crippen LogP contribution in [0.15, 0.2) is 146 Å². The van der Waals surface area contributed by atoms with Crippen LogP contribution in [0.3, 0.4) is 0 Å². The molecular formula is C64H69ClK2N9NaO13. The Balaban J connectivity index is 0.000000417. The molecule has 458 valence electrons. The van der Waals surface area contributed by atoms with Gasteiger partial charge in [0, 0.05) is 35.8 Å². The molecule has 22 nitrogen and oxygen atoms in total. The van der Waals surface area contributed by atoms with Crippen LogP contribution in [-0.4, -0.2) is 152 Å². The minimum Gasteiger partial charge on any atom is -1.00 e. The minimum absolute atomic E-state index is 0. The van der Waals surface area contributed by atoms with Gasteiger partial charge in [-0.05, 0) is 99.7 Å². The van der Waals surface area contributed by atoms with Gasteiger partial charge < -0.3 is 62.1 Å². The Morgan fingerprint density at radius 2 is 0.956 bits per heavy atom. The van der Waals surface area contributed by atoms with E-state index in [4.69, 9.17) is 51.4 Å². The molecule has 0 unspecified atom stereocenters. The molecular weight excluding hydrogens is 1240 g/mol. The number of anilines is 2. The number of hydrogen-bond acceptors (Lipinski definition) is 21. The van der Waals surface area contributed by atoms with Crippen molar-refractivity contribution in [3.8, 4) is 33.8 Å². The van der Waals surface area contributed by atoms with Gasteiger partial charge in [-0.1, -0.05) is 110 Å². The van der Waals surface area contributed by atoms with Gasteiger partial charge in [-0.25, -0.2) is 44.3 Å². The average Bonchev–Trinajstić information content (AvgIpc) is 1.97. The summed E-state index contributed by atoms with van der Waals surface area (Å²) in [6.45, 7) is 2.97. The first-order valence-electron chi connectivity index (χ1n) is 27.4. The van der Waals surface area contributed by atoms with Crippen molar-refractivity contribution >= 4 is 80.7 Å². The van der Waals surface area contributed by atoms with Crippen LogP contribution >= 0.6 is 11.6 Å². The molecule has 90 heavy (non-hydrogen) atoms. The number of carbonyl (C=O) groups is 4. The first-order valence-corrected chi connectivity index (χ1v) is 27.8. The zero-order valence-corrected chi connectivity index (χ0v) is 59.1. The summed E-state index contributed by atoms with van der Waals surface area (Å²) >= 11 is 6.21. The van der Waals surface area contributed by atoms with Crippen LogP contribution in [-0.2, 0) is 19.2 Å². The number of ether oxygens (including phenoxy) is 2. The van der Waals surface area contributed by atoms with E-state index >= 15 is 0 Å². The number of rotatable bonds is 12. The number of nitrogens with zero attached hydrogens (tertiary/aromatic N) is 8. The van der Waals surface area contributed by atoms with Gasteiger partial charge in [0.2, 0.25) is 0 Å². The van der Waals surface area contributed by atoms with Crippen molar-refractivity contribution < 1.29 is 198 Å². The van der Waals surface area contributed by atoms with Crippen molar-refractivity contribution in [2.45, 2.75) is 64.1 Å². The molecule has 6 heterocycles. The van der Waals surface area contributed by atoms with Gasteiger partial charge in [-0.2, -0.15) is 0 Å². The second kappa shape index (κ2) is 40.3. The van der Waals surface area contributed by atoms with Crippen molar-refractivity contribution in [2.24, 2.45) is 0 Å². The molecule has 3 aliphatic rings. The fourth-order valence-electron chi connectivity index (χ4n) is 10.0. The zero-order valence-electron chi connectivity index (χ0n) is 51.1. The maximum atomic E-state index is 11.9. The first kappa shape index (κ1) is 79.4. The fraction of sp³-hybridized carbons (Fsp3) is 0.281. The van der Waals surface area contributed by atoms with Gasteiger partial charge in [-0.15, -0.1) is 0 Å². The van der Waals surface area contributed by atoms with Crippen molar-refractivity contribution in [3.63, 3.8) is 0 Å². The van der Waals surface area contributed by atoms with Crippen LogP contribution in [0.25, 0.3) is 66.9 Å². The largest absolute Gasteiger partial charge is 1.00 e. The Morgan fingerprint density at radius 1 is 0.578 bits per heavy atom. The number of fused-ring (bicyclic) bond motifs is 3. The second-order valence-corrected chi connectivity index (χ2v) is 20.0. The summed E-state index contributed by atoms with van der Waals surface area (Å²) < 4.78 is 9.50. The van der Waals surface area contributed by atoms with E-state index in [0.717, 1.165) is 85.6 Å². The summed E-state index contributed by atoms with van der Waals surface area (Å²) in [5, 5.41) is 49.1. The molecule has 3 saturated heterocycles. The Bertz CT molecular complexity index is 3750. The molecule has 0 spiro atoms. The number of carboxylic acid groups (broad SMARTS) is 1. The normalized spacial score (nSPS) is 15.0. The van der Waals surface area contributed by atoms with E-state index in [2.05, 4.69) is 34.7 Å². The van der Waals surface area contributed by atoms with Crippen LogP contribution in [0.2, 0.25) is 5.15 Å². The molecule has 3 aromatic heterocycles. The number of carboxylic acids is 1. The van der Waals surface area contributed by atoms with E-state index < -0.39 is 17.9 Å². The summed E-state index contributed by atoms with van der Waals surface area (Å²) in [5.74, 6) is -0.365. The van der Waals surface area contributed by atoms with Crippen molar-refractivity contribution in [1.29, 1.82) is 0 Å². The number of esters is 2. The summed E-state index contributed by atoms with van der Waals surface area (Å²) in [4.78, 5) is 78.2. The number of aliphatic hydroxyl groups is 3. The van der Waals surface area contributed by atoms with Gasteiger partial charge in [0.05, 0.1) is 95.9 Å².